The van der Waals surface area contributed by atoms with Crippen molar-refractivity contribution < 1.29 is 14.3 Å². The maximum atomic E-state index is 12.0. The number of ether oxygens (including phenoxy) is 2. The van der Waals surface area contributed by atoms with E-state index in [1.807, 2.05) is 18.2 Å². The Morgan fingerprint density at radius 3 is 1.57 bits per heavy atom. The van der Waals surface area contributed by atoms with Crippen LogP contribution < -0.4 is 5.32 Å². The van der Waals surface area contributed by atoms with E-state index in [1.165, 1.54) is 89.9 Å². The number of allylic oxidation sites excluding steroid dienone is 7. The van der Waals surface area contributed by atoms with Crippen LogP contribution in [0.2, 0.25) is 0 Å². The number of hydrogen-bond donors (Lipinski definition) is 1. The zero-order valence-corrected chi connectivity index (χ0v) is 28.3. The zero-order chi connectivity index (χ0) is 28.8. The lowest BCUT2D eigenvalue weighted by Gasteiger charge is -2.36. The molecule has 2 aliphatic rings. The number of hydrogen-bond acceptors (Lipinski definition) is 4. The second kappa shape index (κ2) is 22.4. The van der Waals surface area contributed by atoms with Crippen LogP contribution in [0, 0.1) is 11.8 Å². The third-order valence-corrected chi connectivity index (χ3v) is 8.90. The number of unbranched alkanes of at least 4 members (excludes halogenated alkanes) is 14. The fourth-order valence-corrected chi connectivity index (χ4v) is 6.30. The van der Waals surface area contributed by atoms with Gasteiger partial charge in [-0.25, -0.2) is 4.79 Å². The molecule has 1 atom stereocenters. The maximum Gasteiger partial charge on any atom is 0.128 e. The highest BCUT2D eigenvalue weighted by Gasteiger charge is 2.39. The Morgan fingerprint density at radius 2 is 1.15 bits per heavy atom. The number of halogens is 2. The van der Waals surface area contributed by atoms with Gasteiger partial charge < -0.3 is 14.8 Å². The molecular weight excluding hydrogens is 630 g/mol. The Morgan fingerprint density at radius 1 is 0.700 bits per heavy atom. The molecule has 0 spiro atoms. The van der Waals surface area contributed by atoms with Crippen molar-refractivity contribution in [3.8, 4) is 0 Å². The van der Waals surface area contributed by atoms with E-state index in [0.29, 0.717) is 29.4 Å². The SMILES string of the molecule is CCCCCCCCCCOC1=C(CBr)NC(CBr)=C(OCCCCCCCCCC)C1C1C=CC=CC1=C=O. The van der Waals surface area contributed by atoms with Gasteiger partial charge in [-0.2, -0.15) is 0 Å². The van der Waals surface area contributed by atoms with Gasteiger partial charge in [0.1, 0.15) is 17.5 Å². The molecule has 6 heteroatoms. The maximum absolute atomic E-state index is 12.0. The number of alkyl halides is 2. The van der Waals surface area contributed by atoms with Gasteiger partial charge in [0.15, 0.2) is 0 Å². The Balaban J connectivity index is 2.07. The van der Waals surface area contributed by atoms with Crippen LogP contribution in [0.3, 0.4) is 0 Å². The van der Waals surface area contributed by atoms with E-state index >= 15 is 0 Å². The lowest BCUT2D eigenvalue weighted by molar-refractivity contribution is 0.111. The Labute approximate surface area is 261 Å². The Bertz CT molecular complexity index is 840. The predicted molar refractivity (Wildman–Crippen MR) is 176 cm³/mol. The summed E-state index contributed by atoms with van der Waals surface area (Å²) in [5.74, 6) is 3.60. The average molecular weight is 684 g/mol. The van der Waals surface area contributed by atoms with Gasteiger partial charge in [0.05, 0.1) is 30.5 Å². The monoisotopic (exact) mass is 681 g/mol. The minimum atomic E-state index is -0.193. The van der Waals surface area contributed by atoms with E-state index in [1.54, 1.807) is 0 Å². The van der Waals surface area contributed by atoms with Gasteiger partial charge in [-0.15, -0.1) is 0 Å². The van der Waals surface area contributed by atoms with Gasteiger partial charge in [-0.05, 0) is 18.9 Å². The lowest BCUT2D eigenvalue weighted by Crippen LogP contribution is -2.35. The number of rotatable bonds is 23. The molecule has 0 radical (unpaired) electrons. The summed E-state index contributed by atoms with van der Waals surface area (Å²) in [6.45, 7) is 5.86. The zero-order valence-electron chi connectivity index (χ0n) is 25.1. The van der Waals surface area contributed by atoms with Crippen molar-refractivity contribution in [2.75, 3.05) is 23.9 Å². The summed E-state index contributed by atoms with van der Waals surface area (Å²) in [7, 11) is 0. The van der Waals surface area contributed by atoms with E-state index < -0.39 is 0 Å². The van der Waals surface area contributed by atoms with Crippen molar-refractivity contribution in [1.82, 2.24) is 5.32 Å². The van der Waals surface area contributed by atoms with Crippen molar-refractivity contribution in [3.63, 3.8) is 0 Å². The molecule has 0 saturated carbocycles. The quantitative estimate of drug-likeness (QED) is 0.0662. The van der Waals surface area contributed by atoms with Crippen LogP contribution in [0.5, 0.6) is 0 Å². The normalized spacial score (nSPS) is 17.4. The summed E-state index contributed by atoms with van der Waals surface area (Å²) < 4.78 is 13.1. The molecule has 0 bridgehead atoms. The number of carbonyl (C=O) groups excluding carboxylic acids is 1. The molecule has 2 rings (SSSR count). The summed E-state index contributed by atoms with van der Waals surface area (Å²) in [6, 6.07) is 0. The highest BCUT2D eigenvalue weighted by molar-refractivity contribution is 9.09. The lowest BCUT2D eigenvalue weighted by atomic mass is 9.79. The molecule has 40 heavy (non-hydrogen) atoms. The van der Waals surface area contributed by atoms with Crippen LogP contribution in [0.1, 0.15) is 117 Å². The van der Waals surface area contributed by atoms with Crippen molar-refractivity contribution in [2.24, 2.45) is 11.8 Å². The number of dihydropyridines is 1. The molecule has 0 fully saturated rings. The molecule has 1 unspecified atom stereocenters. The molecule has 0 aromatic rings. The van der Waals surface area contributed by atoms with Crippen LogP contribution in [0.15, 0.2) is 52.8 Å². The van der Waals surface area contributed by atoms with Crippen LogP contribution in [0.4, 0.5) is 0 Å². The van der Waals surface area contributed by atoms with Crippen LogP contribution in [0.25, 0.3) is 0 Å². The minimum Gasteiger partial charge on any atom is -0.495 e. The smallest absolute Gasteiger partial charge is 0.128 e. The van der Waals surface area contributed by atoms with Crippen LogP contribution in [-0.4, -0.2) is 29.8 Å². The summed E-state index contributed by atoms with van der Waals surface area (Å²) >= 11 is 7.37. The Kier molecular flexibility index (Phi) is 19.6. The third-order valence-electron chi connectivity index (χ3n) is 7.78. The minimum absolute atomic E-state index is 0.171. The van der Waals surface area contributed by atoms with Gasteiger partial charge in [0.25, 0.3) is 0 Å². The first kappa shape index (κ1) is 35.0. The number of nitrogens with one attached hydrogen (secondary N) is 1. The summed E-state index contributed by atoms with van der Waals surface area (Å²) in [4.78, 5) is 12.0. The third kappa shape index (κ3) is 12.3. The molecule has 4 nitrogen and oxygen atoms in total. The molecule has 226 valence electrons. The highest BCUT2D eigenvalue weighted by atomic mass is 79.9. The molecule has 1 aliphatic carbocycles. The first-order chi connectivity index (χ1) is 19.7. The molecule has 1 aliphatic heterocycles. The van der Waals surface area contributed by atoms with Crippen molar-refractivity contribution in [3.05, 3.63) is 52.8 Å². The summed E-state index contributed by atoms with van der Waals surface area (Å²) in [6.07, 6.45) is 28.1. The fraction of sp³-hybridized carbons (Fsp3) is 0.706. The van der Waals surface area contributed by atoms with Crippen LogP contribution in [-0.2, 0) is 14.3 Å². The van der Waals surface area contributed by atoms with E-state index in [2.05, 4.69) is 63.0 Å². The second-order valence-corrected chi connectivity index (χ2v) is 12.2. The summed E-state index contributed by atoms with van der Waals surface area (Å²) in [5, 5.41) is 4.87. The van der Waals surface area contributed by atoms with E-state index in [4.69, 9.17) is 9.47 Å². The largest absolute Gasteiger partial charge is 0.495 e. The van der Waals surface area contributed by atoms with Crippen molar-refractivity contribution in [2.45, 2.75) is 117 Å². The van der Waals surface area contributed by atoms with Gasteiger partial charge in [0.2, 0.25) is 0 Å². The van der Waals surface area contributed by atoms with Gasteiger partial charge >= 0.3 is 0 Å². The summed E-state index contributed by atoms with van der Waals surface area (Å²) in [5.41, 5.74) is 2.65. The topological polar surface area (TPSA) is 47.6 Å². The van der Waals surface area contributed by atoms with Gasteiger partial charge in [0, 0.05) is 22.2 Å². The Hall–Kier alpha value is -1.23. The van der Waals surface area contributed by atoms with Crippen molar-refractivity contribution >= 4 is 37.8 Å². The van der Waals surface area contributed by atoms with Crippen molar-refractivity contribution in [1.29, 1.82) is 0 Å². The molecular formula is C34H53Br2NO3. The molecule has 1 heterocycles. The van der Waals surface area contributed by atoms with E-state index in [9.17, 15) is 4.79 Å². The average Bonchev–Trinajstić information content (AvgIpc) is 2.99. The highest BCUT2D eigenvalue weighted by Crippen LogP contribution is 2.42. The fourth-order valence-electron chi connectivity index (χ4n) is 5.47. The molecule has 0 aromatic carbocycles. The first-order valence-electron chi connectivity index (χ1n) is 15.9. The van der Waals surface area contributed by atoms with E-state index in [0.717, 1.165) is 35.8 Å². The molecule has 0 amide bonds. The molecule has 0 saturated heterocycles. The predicted octanol–water partition coefficient (Wildman–Crippen LogP) is 10.2. The standard InChI is InChI=1S/C34H53Br2NO3/c1-3-5-7-9-11-13-15-19-23-39-33-30(25-35)37-31(26-36)34(32(33)29-22-18-17-21-28(29)27-38)40-24-20-16-14-12-10-8-6-4-2/h17-18,21-22,29,32,37H,3-16,19-20,23-26H2,1-2H3. The van der Waals surface area contributed by atoms with Gasteiger partial charge in [-0.1, -0.05) is 154 Å². The van der Waals surface area contributed by atoms with E-state index in [-0.39, 0.29) is 11.8 Å². The first-order valence-corrected chi connectivity index (χ1v) is 18.2. The molecule has 0 aromatic heterocycles. The van der Waals surface area contributed by atoms with Gasteiger partial charge in [-0.3, -0.25) is 0 Å². The molecule has 1 N–H and O–H groups in total. The second-order valence-electron chi connectivity index (χ2n) is 11.0. The van der Waals surface area contributed by atoms with Crippen LogP contribution >= 0.6 is 31.9 Å².